The van der Waals surface area contributed by atoms with Crippen molar-refractivity contribution in [2.45, 2.75) is 24.0 Å². The second-order valence-electron chi connectivity index (χ2n) is 5.94. The van der Waals surface area contributed by atoms with Gasteiger partial charge in [-0.15, -0.1) is 5.10 Å². The van der Waals surface area contributed by atoms with Crippen LogP contribution >= 0.6 is 11.8 Å². The normalized spacial score (nSPS) is 19.2. The molecule has 2 aliphatic rings. The highest BCUT2D eigenvalue weighted by molar-refractivity contribution is 7.99. The Labute approximate surface area is 149 Å². The number of nitrogen functional groups attached to an aromatic ring is 1. The summed E-state index contributed by atoms with van der Waals surface area (Å²) in [6, 6.07) is 6.01. The smallest absolute Gasteiger partial charge is 0.233 e. The second kappa shape index (κ2) is 6.83. The van der Waals surface area contributed by atoms with Crippen LogP contribution in [0.25, 0.3) is 0 Å². The Balaban J connectivity index is 1.45. The molecule has 1 amide bonds. The number of amides is 1. The van der Waals surface area contributed by atoms with Crippen LogP contribution in [0.5, 0.6) is 11.5 Å². The average Bonchev–Trinajstić information content (AvgIpc) is 3.28. The highest BCUT2D eigenvalue weighted by Gasteiger charge is 2.31. The Kier molecular flexibility index (Phi) is 4.39. The minimum absolute atomic E-state index is 0.0705. The lowest BCUT2D eigenvalue weighted by Gasteiger charge is -2.26. The van der Waals surface area contributed by atoms with E-state index in [1.807, 2.05) is 23.1 Å². The summed E-state index contributed by atoms with van der Waals surface area (Å²) in [5.74, 6) is 2.14. The van der Waals surface area contributed by atoms with Crippen LogP contribution in [0.3, 0.4) is 0 Å². The number of aromatic amines is 1. The molecule has 1 aromatic carbocycles. The average molecular weight is 361 g/mol. The van der Waals surface area contributed by atoms with Crippen molar-refractivity contribution in [3.63, 3.8) is 0 Å². The molecule has 0 aliphatic carbocycles. The molecule has 132 valence electrons. The van der Waals surface area contributed by atoms with E-state index in [1.165, 1.54) is 11.8 Å². The lowest BCUT2D eigenvalue weighted by atomic mass is 10.0. The summed E-state index contributed by atoms with van der Waals surface area (Å²) in [6.07, 6.45) is 1.94. The number of carbonyl (C=O) groups is 1. The lowest BCUT2D eigenvalue weighted by Crippen LogP contribution is -2.32. The van der Waals surface area contributed by atoms with Gasteiger partial charge in [-0.1, -0.05) is 17.8 Å². The third-order valence-electron chi connectivity index (χ3n) is 4.33. The van der Waals surface area contributed by atoms with Gasteiger partial charge in [0.25, 0.3) is 0 Å². The van der Waals surface area contributed by atoms with Crippen LogP contribution in [0.4, 0.5) is 5.95 Å². The van der Waals surface area contributed by atoms with Crippen LogP contribution in [-0.4, -0.2) is 51.5 Å². The van der Waals surface area contributed by atoms with Crippen molar-refractivity contribution in [2.75, 3.05) is 31.2 Å². The molecule has 8 nitrogen and oxygen atoms in total. The number of likely N-dealkylation sites (tertiary alicyclic amines) is 1. The Bertz CT molecular complexity index is 781. The van der Waals surface area contributed by atoms with Crippen LogP contribution in [-0.2, 0) is 4.79 Å². The summed E-state index contributed by atoms with van der Waals surface area (Å²) >= 11 is 1.29. The number of ether oxygens (including phenoxy) is 2. The second-order valence-corrected chi connectivity index (χ2v) is 6.88. The van der Waals surface area contributed by atoms with Crippen LogP contribution in [0, 0.1) is 0 Å². The first kappa shape index (κ1) is 16.1. The summed E-state index contributed by atoms with van der Waals surface area (Å²) in [5, 5.41) is 7.00. The van der Waals surface area contributed by atoms with E-state index in [9.17, 15) is 4.79 Å². The van der Waals surface area contributed by atoms with E-state index < -0.39 is 0 Å². The van der Waals surface area contributed by atoms with Gasteiger partial charge >= 0.3 is 0 Å². The van der Waals surface area contributed by atoms with Crippen molar-refractivity contribution in [3.8, 4) is 11.5 Å². The molecule has 1 atom stereocenters. The van der Waals surface area contributed by atoms with Gasteiger partial charge in [-0.25, -0.2) is 5.10 Å². The predicted molar refractivity (Wildman–Crippen MR) is 92.6 cm³/mol. The van der Waals surface area contributed by atoms with Crippen molar-refractivity contribution in [1.82, 2.24) is 20.1 Å². The fourth-order valence-corrected chi connectivity index (χ4v) is 3.90. The Morgan fingerprint density at radius 3 is 3.00 bits per heavy atom. The first-order valence-corrected chi connectivity index (χ1v) is 9.19. The first-order valence-electron chi connectivity index (χ1n) is 8.20. The minimum atomic E-state index is 0.0705. The molecule has 4 rings (SSSR count). The molecule has 1 fully saturated rings. The number of H-pyrrole nitrogens is 1. The minimum Gasteiger partial charge on any atom is -0.486 e. The van der Waals surface area contributed by atoms with E-state index in [-0.39, 0.29) is 17.9 Å². The van der Waals surface area contributed by atoms with Gasteiger partial charge in [0.15, 0.2) is 11.5 Å². The van der Waals surface area contributed by atoms with Gasteiger partial charge < -0.3 is 20.1 Å². The fourth-order valence-electron chi connectivity index (χ4n) is 3.21. The van der Waals surface area contributed by atoms with E-state index in [1.54, 1.807) is 0 Å². The number of aromatic nitrogens is 3. The molecule has 25 heavy (non-hydrogen) atoms. The van der Waals surface area contributed by atoms with Crippen LogP contribution in [0.2, 0.25) is 0 Å². The third-order valence-corrected chi connectivity index (χ3v) is 5.16. The maximum atomic E-state index is 12.7. The number of thioether (sulfide) groups is 1. The quantitative estimate of drug-likeness (QED) is 0.797. The molecular formula is C16H19N5O3S. The van der Waals surface area contributed by atoms with E-state index in [0.29, 0.717) is 24.1 Å². The molecule has 1 saturated heterocycles. The van der Waals surface area contributed by atoms with Crippen molar-refractivity contribution in [3.05, 3.63) is 23.8 Å². The number of nitrogens with zero attached hydrogens (tertiary/aromatic N) is 3. The van der Waals surface area contributed by atoms with Gasteiger partial charge in [-0.05, 0) is 30.5 Å². The molecule has 0 radical (unpaired) electrons. The number of hydrogen-bond donors (Lipinski definition) is 2. The van der Waals surface area contributed by atoms with E-state index in [2.05, 4.69) is 15.2 Å². The van der Waals surface area contributed by atoms with Crippen LogP contribution < -0.4 is 15.2 Å². The largest absolute Gasteiger partial charge is 0.486 e. The first-order chi connectivity index (χ1) is 12.2. The van der Waals surface area contributed by atoms with E-state index in [4.69, 9.17) is 15.2 Å². The molecule has 1 unspecified atom stereocenters. The van der Waals surface area contributed by atoms with Crippen molar-refractivity contribution < 1.29 is 14.3 Å². The number of hydrogen-bond acceptors (Lipinski definition) is 7. The maximum absolute atomic E-state index is 12.7. The SMILES string of the molecule is Nc1nc(SCC(=O)N2CCCC2c2ccc3c(c2)OCCO3)n[nH]1. The fraction of sp³-hybridized carbons (Fsp3) is 0.438. The standard InChI is InChI=1S/C16H19N5O3S/c17-15-18-16(20-19-15)25-9-14(22)21-5-1-2-11(21)10-3-4-12-13(8-10)24-7-6-23-12/h3-4,8,11H,1-2,5-7,9H2,(H3,17,18,19,20). The van der Waals surface area contributed by atoms with Crippen molar-refractivity contribution in [2.24, 2.45) is 0 Å². The topological polar surface area (TPSA) is 106 Å². The van der Waals surface area contributed by atoms with Crippen LogP contribution in [0.15, 0.2) is 23.4 Å². The van der Waals surface area contributed by atoms with E-state index >= 15 is 0 Å². The Morgan fingerprint density at radius 2 is 2.20 bits per heavy atom. The Morgan fingerprint density at radius 1 is 1.36 bits per heavy atom. The highest BCUT2D eigenvalue weighted by Crippen LogP contribution is 2.38. The highest BCUT2D eigenvalue weighted by atomic mass is 32.2. The molecule has 2 aromatic rings. The van der Waals surface area contributed by atoms with Gasteiger partial charge in [0.2, 0.25) is 17.0 Å². The summed E-state index contributed by atoms with van der Waals surface area (Å²) in [5.41, 5.74) is 6.59. The molecule has 0 bridgehead atoms. The molecule has 0 spiro atoms. The van der Waals surface area contributed by atoms with Crippen molar-refractivity contribution >= 4 is 23.6 Å². The number of rotatable bonds is 4. The van der Waals surface area contributed by atoms with Gasteiger partial charge in [0, 0.05) is 6.54 Å². The maximum Gasteiger partial charge on any atom is 0.233 e. The van der Waals surface area contributed by atoms with E-state index in [0.717, 1.165) is 36.4 Å². The van der Waals surface area contributed by atoms with Gasteiger partial charge in [0.05, 0.1) is 11.8 Å². The number of anilines is 1. The number of benzene rings is 1. The number of nitrogens with one attached hydrogen (secondary N) is 1. The molecular weight excluding hydrogens is 342 g/mol. The molecule has 1 aromatic heterocycles. The summed E-state index contributed by atoms with van der Waals surface area (Å²) in [6.45, 7) is 1.89. The number of carbonyl (C=O) groups excluding carboxylic acids is 1. The molecule has 3 heterocycles. The molecule has 0 saturated carbocycles. The van der Waals surface area contributed by atoms with Gasteiger partial charge in [-0.3, -0.25) is 4.79 Å². The summed E-state index contributed by atoms with van der Waals surface area (Å²) in [7, 11) is 0. The Hall–Kier alpha value is -2.42. The third kappa shape index (κ3) is 3.37. The molecule has 9 heteroatoms. The van der Waals surface area contributed by atoms with Crippen LogP contribution in [0.1, 0.15) is 24.4 Å². The lowest BCUT2D eigenvalue weighted by molar-refractivity contribution is -0.129. The molecule has 2 aliphatic heterocycles. The summed E-state index contributed by atoms with van der Waals surface area (Å²) < 4.78 is 11.2. The van der Waals surface area contributed by atoms with Gasteiger partial charge in [-0.2, -0.15) is 4.98 Å². The predicted octanol–water partition coefficient (Wildman–Crippen LogP) is 1.61. The zero-order valence-corrected chi connectivity index (χ0v) is 14.4. The summed E-state index contributed by atoms with van der Waals surface area (Å²) in [4.78, 5) is 18.6. The number of fused-ring (bicyclic) bond motifs is 1. The monoisotopic (exact) mass is 361 g/mol. The van der Waals surface area contributed by atoms with Gasteiger partial charge in [0.1, 0.15) is 13.2 Å². The zero-order chi connectivity index (χ0) is 17.2. The zero-order valence-electron chi connectivity index (χ0n) is 13.6. The van der Waals surface area contributed by atoms with Crippen molar-refractivity contribution in [1.29, 1.82) is 0 Å². The number of nitrogens with two attached hydrogens (primary N) is 1. The molecule has 3 N–H and O–H groups in total.